The molecule has 1 aromatic heterocycles. The van der Waals surface area contributed by atoms with Crippen LogP contribution in [0.4, 0.5) is 5.69 Å². The highest BCUT2D eigenvalue weighted by molar-refractivity contribution is 9.10. The van der Waals surface area contributed by atoms with Crippen LogP contribution in [0.5, 0.6) is 0 Å². The third-order valence-corrected chi connectivity index (χ3v) is 5.44. The zero-order chi connectivity index (χ0) is 17.4. The number of benzene rings is 2. The van der Waals surface area contributed by atoms with Gasteiger partial charge < -0.3 is 9.47 Å². The number of hydrogen-bond acceptors (Lipinski definition) is 2. The Morgan fingerprint density at radius 3 is 2.72 bits per heavy atom. The van der Waals surface area contributed by atoms with Crippen molar-refractivity contribution in [1.29, 1.82) is 0 Å². The Bertz CT molecular complexity index is 934. The molecule has 1 atom stereocenters. The molecule has 1 aliphatic heterocycles. The molecule has 2 aromatic carbocycles. The van der Waals surface area contributed by atoms with Crippen LogP contribution in [-0.4, -0.2) is 22.0 Å². The molecule has 25 heavy (non-hydrogen) atoms. The smallest absolute Gasteiger partial charge is 0.227 e. The third-order valence-electron chi connectivity index (χ3n) is 4.76. The summed E-state index contributed by atoms with van der Waals surface area (Å²) in [7, 11) is 0. The van der Waals surface area contributed by atoms with E-state index in [0.717, 1.165) is 40.0 Å². The summed E-state index contributed by atoms with van der Waals surface area (Å²) in [6.07, 6.45) is 1.55. The first-order valence-corrected chi connectivity index (χ1v) is 9.48. The van der Waals surface area contributed by atoms with Crippen molar-refractivity contribution in [3.05, 3.63) is 58.8 Å². The molecule has 0 N–H and O–H groups in total. The van der Waals surface area contributed by atoms with Gasteiger partial charge in [-0.25, -0.2) is 4.98 Å². The van der Waals surface area contributed by atoms with Crippen LogP contribution in [0.1, 0.15) is 31.5 Å². The van der Waals surface area contributed by atoms with E-state index in [4.69, 9.17) is 4.98 Å². The molecule has 1 amide bonds. The van der Waals surface area contributed by atoms with E-state index in [9.17, 15) is 4.79 Å². The summed E-state index contributed by atoms with van der Waals surface area (Å²) in [5.41, 5.74) is 3.11. The standard InChI is InChI=1S/C20H20BrN3O/c1-2-11-23-18-10-6-4-8-16(18)22-20(23)14-12-19(25)24(13-14)17-9-5-3-7-15(17)21/h3-10,14H,2,11-13H2,1H3/t14-/m0/s1. The lowest BCUT2D eigenvalue weighted by Crippen LogP contribution is -2.24. The molecule has 1 fully saturated rings. The normalized spacial score (nSPS) is 17.6. The number of fused-ring (bicyclic) bond motifs is 1. The Morgan fingerprint density at radius 2 is 1.92 bits per heavy atom. The summed E-state index contributed by atoms with van der Waals surface area (Å²) in [4.78, 5) is 19.4. The molecule has 128 valence electrons. The lowest BCUT2D eigenvalue weighted by Gasteiger charge is -2.18. The molecule has 0 radical (unpaired) electrons. The van der Waals surface area contributed by atoms with E-state index < -0.39 is 0 Å². The molecule has 0 spiro atoms. The number of para-hydroxylation sites is 3. The monoisotopic (exact) mass is 397 g/mol. The fourth-order valence-electron chi connectivity index (χ4n) is 3.65. The second-order valence-corrected chi connectivity index (χ2v) is 7.32. The molecule has 1 saturated heterocycles. The number of carbonyl (C=O) groups excluding carboxylic acids is 1. The quantitative estimate of drug-likeness (QED) is 0.637. The number of rotatable bonds is 4. The van der Waals surface area contributed by atoms with Crippen molar-refractivity contribution in [2.24, 2.45) is 0 Å². The lowest BCUT2D eigenvalue weighted by atomic mass is 10.1. The Kier molecular flexibility index (Phi) is 4.34. The number of imidazole rings is 1. The van der Waals surface area contributed by atoms with Crippen LogP contribution >= 0.6 is 15.9 Å². The maximum absolute atomic E-state index is 12.7. The van der Waals surface area contributed by atoms with Gasteiger partial charge in [-0.15, -0.1) is 0 Å². The van der Waals surface area contributed by atoms with Gasteiger partial charge in [-0.2, -0.15) is 0 Å². The number of nitrogens with zero attached hydrogens (tertiary/aromatic N) is 3. The highest BCUT2D eigenvalue weighted by Crippen LogP contribution is 2.36. The molecule has 0 aliphatic carbocycles. The Morgan fingerprint density at radius 1 is 1.16 bits per heavy atom. The molecule has 0 unspecified atom stereocenters. The Labute approximate surface area is 155 Å². The van der Waals surface area contributed by atoms with Crippen molar-refractivity contribution in [3.8, 4) is 0 Å². The highest BCUT2D eigenvalue weighted by Gasteiger charge is 2.35. The van der Waals surface area contributed by atoms with Crippen molar-refractivity contribution >= 4 is 38.6 Å². The van der Waals surface area contributed by atoms with Crippen molar-refractivity contribution in [2.75, 3.05) is 11.4 Å². The van der Waals surface area contributed by atoms with Crippen LogP contribution in [0.25, 0.3) is 11.0 Å². The summed E-state index contributed by atoms with van der Waals surface area (Å²) in [6.45, 7) is 3.77. The van der Waals surface area contributed by atoms with Crippen LogP contribution < -0.4 is 4.90 Å². The fraction of sp³-hybridized carbons (Fsp3) is 0.300. The first-order valence-electron chi connectivity index (χ1n) is 8.69. The lowest BCUT2D eigenvalue weighted by molar-refractivity contribution is -0.117. The highest BCUT2D eigenvalue weighted by atomic mass is 79.9. The Balaban J connectivity index is 1.72. The summed E-state index contributed by atoms with van der Waals surface area (Å²) < 4.78 is 3.24. The number of aryl methyl sites for hydroxylation is 1. The zero-order valence-corrected chi connectivity index (χ0v) is 15.7. The van der Waals surface area contributed by atoms with E-state index in [0.29, 0.717) is 13.0 Å². The summed E-state index contributed by atoms with van der Waals surface area (Å²) in [5, 5.41) is 0. The molecule has 3 aromatic rings. The molecular formula is C20H20BrN3O. The summed E-state index contributed by atoms with van der Waals surface area (Å²) >= 11 is 3.56. The molecule has 5 heteroatoms. The largest absolute Gasteiger partial charge is 0.328 e. The van der Waals surface area contributed by atoms with Gasteiger partial charge in [0.2, 0.25) is 5.91 Å². The minimum Gasteiger partial charge on any atom is -0.328 e. The zero-order valence-electron chi connectivity index (χ0n) is 14.2. The molecule has 4 rings (SSSR count). The van der Waals surface area contributed by atoms with Gasteiger partial charge in [0.15, 0.2) is 0 Å². The van der Waals surface area contributed by atoms with Crippen molar-refractivity contribution in [3.63, 3.8) is 0 Å². The molecule has 0 bridgehead atoms. The van der Waals surface area contributed by atoms with Gasteiger partial charge in [-0.05, 0) is 46.6 Å². The van der Waals surface area contributed by atoms with E-state index in [-0.39, 0.29) is 11.8 Å². The molecule has 1 aliphatic rings. The van der Waals surface area contributed by atoms with E-state index >= 15 is 0 Å². The first-order chi connectivity index (χ1) is 12.2. The van der Waals surface area contributed by atoms with Gasteiger partial charge in [0.05, 0.1) is 16.7 Å². The SMILES string of the molecule is CCCn1c([C@H]2CC(=O)N(c3ccccc3Br)C2)nc2ccccc21. The number of amides is 1. The number of halogens is 1. The van der Waals surface area contributed by atoms with Crippen molar-refractivity contribution in [1.82, 2.24) is 9.55 Å². The van der Waals surface area contributed by atoms with Crippen LogP contribution in [0.2, 0.25) is 0 Å². The molecular weight excluding hydrogens is 378 g/mol. The second kappa shape index (κ2) is 6.64. The van der Waals surface area contributed by atoms with Crippen LogP contribution in [0.15, 0.2) is 53.0 Å². The fourth-order valence-corrected chi connectivity index (χ4v) is 4.15. The maximum Gasteiger partial charge on any atom is 0.227 e. The molecule has 0 saturated carbocycles. The average molecular weight is 398 g/mol. The van der Waals surface area contributed by atoms with Crippen LogP contribution in [0.3, 0.4) is 0 Å². The predicted octanol–water partition coefficient (Wildman–Crippen LogP) is 4.73. The number of carbonyl (C=O) groups is 1. The van der Waals surface area contributed by atoms with Gasteiger partial charge in [0.1, 0.15) is 5.82 Å². The van der Waals surface area contributed by atoms with E-state index in [1.165, 1.54) is 0 Å². The van der Waals surface area contributed by atoms with Gasteiger partial charge in [0, 0.05) is 29.9 Å². The van der Waals surface area contributed by atoms with Crippen molar-refractivity contribution < 1.29 is 4.79 Å². The minimum absolute atomic E-state index is 0.124. The van der Waals surface area contributed by atoms with Gasteiger partial charge in [-0.3, -0.25) is 4.79 Å². The van der Waals surface area contributed by atoms with Gasteiger partial charge in [-0.1, -0.05) is 31.2 Å². The first kappa shape index (κ1) is 16.3. The van der Waals surface area contributed by atoms with Crippen LogP contribution in [0, 0.1) is 0 Å². The topological polar surface area (TPSA) is 38.1 Å². The van der Waals surface area contributed by atoms with E-state index in [2.05, 4.69) is 33.5 Å². The maximum atomic E-state index is 12.7. The van der Waals surface area contributed by atoms with E-state index in [1.54, 1.807) is 0 Å². The minimum atomic E-state index is 0.124. The third kappa shape index (κ3) is 2.86. The van der Waals surface area contributed by atoms with Gasteiger partial charge in [0.25, 0.3) is 0 Å². The van der Waals surface area contributed by atoms with Gasteiger partial charge >= 0.3 is 0 Å². The molecule has 4 nitrogen and oxygen atoms in total. The average Bonchev–Trinajstić information content (AvgIpc) is 3.17. The predicted molar refractivity (Wildman–Crippen MR) is 104 cm³/mol. The Hall–Kier alpha value is -2.14. The summed E-state index contributed by atoms with van der Waals surface area (Å²) in [6, 6.07) is 16.1. The number of hydrogen-bond donors (Lipinski definition) is 0. The van der Waals surface area contributed by atoms with E-state index in [1.807, 2.05) is 47.4 Å². The number of anilines is 1. The number of aromatic nitrogens is 2. The van der Waals surface area contributed by atoms with Crippen molar-refractivity contribution in [2.45, 2.75) is 32.2 Å². The van der Waals surface area contributed by atoms with Crippen LogP contribution in [-0.2, 0) is 11.3 Å². The summed E-state index contributed by atoms with van der Waals surface area (Å²) in [5.74, 6) is 1.32. The molecule has 2 heterocycles. The second-order valence-electron chi connectivity index (χ2n) is 6.47.